The molecule has 3 aromatic heterocycles. The van der Waals surface area contributed by atoms with Gasteiger partial charge in [-0.15, -0.1) is 0 Å². The van der Waals surface area contributed by atoms with E-state index >= 15 is 0 Å². The molecule has 5 heterocycles. The summed E-state index contributed by atoms with van der Waals surface area (Å²) in [7, 11) is 0. The maximum absolute atomic E-state index is 14.0. The van der Waals surface area contributed by atoms with E-state index in [1.54, 1.807) is 12.3 Å². The quantitative estimate of drug-likeness (QED) is 0.537. The molecule has 0 aromatic carbocycles. The summed E-state index contributed by atoms with van der Waals surface area (Å²) in [5.74, 6) is 1.69. The van der Waals surface area contributed by atoms with Crippen LogP contribution in [0.4, 0.5) is 19.0 Å². The number of aromatic nitrogens is 4. The summed E-state index contributed by atoms with van der Waals surface area (Å²) in [6.45, 7) is 3.42. The Balaban J connectivity index is 1.41. The van der Waals surface area contributed by atoms with Crippen molar-refractivity contribution in [3.63, 3.8) is 0 Å². The highest BCUT2D eigenvalue weighted by Crippen LogP contribution is 2.44. The van der Waals surface area contributed by atoms with E-state index in [0.717, 1.165) is 44.5 Å². The van der Waals surface area contributed by atoms with Gasteiger partial charge in [0.15, 0.2) is 0 Å². The minimum absolute atomic E-state index is 0.108. The van der Waals surface area contributed by atoms with Crippen LogP contribution in [0.25, 0.3) is 22.3 Å². The molecule has 4 N–H and O–H groups in total. The highest BCUT2D eigenvalue weighted by molar-refractivity contribution is 5.94. The number of morpholine rings is 1. The van der Waals surface area contributed by atoms with E-state index in [2.05, 4.69) is 30.2 Å². The van der Waals surface area contributed by atoms with Crippen LogP contribution in [0.1, 0.15) is 30.3 Å². The van der Waals surface area contributed by atoms with E-state index in [9.17, 15) is 13.2 Å². The Bertz CT molecular complexity index is 1210. The summed E-state index contributed by atoms with van der Waals surface area (Å²) < 4.78 is 47.3. The zero-order valence-electron chi connectivity index (χ0n) is 18.5. The molecule has 3 aromatic rings. The number of ether oxygens (including phenoxy) is 1. The Morgan fingerprint density at radius 1 is 1.09 bits per heavy atom. The molecule has 1 aliphatic carbocycles. The molecule has 1 saturated carbocycles. The second-order valence-corrected chi connectivity index (χ2v) is 9.31. The van der Waals surface area contributed by atoms with Crippen LogP contribution in [-0.2, 0) is 10.9 Å². The molecule has 0 amide bonds. The predicted octanol–water partition coefficient (Wildman–Crippen LogP) is 2.87. The molecule has 4 atom stereocenters. The third-order valence-corrected chi connectivity index (χ3v) is 7.44. The third kappa shape index (κ3) is 3.62. The molecular weight excluding hydrogens is 447 g/mol. The van der Waals surface area contributed by atoms with E-state index in [0.29, 0.717) is 41.6 Å². The first kappa shape index (κ1) is 21.8. The lowest BCUT2D eigenvalue weighted by atomic mass is 9.92. The molecule has 6 rings (SSSR count). The molecule has 0 bridgehead atoms. The van der Waals surface area contributed by atoms with Gasteiger partial charge >= 0.3 is 6.18 Å². The second kappa shape index (κ2) is 8.17. The van der Waals surface area contributed by atoms with Gasteiger partial charge in [0.25, 0.3) is 0 Å². The van der Waals surface area contributed by atoms with E-state index in [1.807, 2.05) is 6.07 Å². The Morgan fingerprint density at radius 2 is 1.91 bits per heavy atom. The number of hydrogen-bond donors (Lipinski definition) is 3. The average Bonchev–Trinajstić information content (AvgIpc) is 3.54. The van der Waals surface area contributed by atoms with Crippen LogP contribution >= 0.6 is 0 Å². The Morgan fingerprint density at radius 3 is 2.71 bits per heavy atom. The number of alkyl halides is 3. The number of pyridine rings is 1. The van der Waals surface area contributed by atoms with Crippen LogP contribution in [0.2, 0.25) is 0 Å². The molecule has 3 fully saturated rings. The van der Waals surface area contributed by atoms with Crippen LogP contribution in [0.3, 0.4) is 0 Å². The Kier molecular flexibility index (Phi) is 5.23. The fraction of sp³-hybridized carbons (Fsp3) is 0.522. The lowest BCUT2D eigenvalue weighted by Crippen LogP contribution is -2.36. The number of H-pyrrole nitrogens is 1. The Labute approximate surface area is 194 Å². The van der Waals surface area contributed by atoms with Gasteiger partial charge in [0.1, 0.15) is 22.9 Å². The highest BCUT2D eigenvalue weighted by atomic mass is 19.4. The van der Waals surface area contributed by atoms with Crippen molar-refractivity contribution in [2.24, 2.45) is 17.6 Å². The minimum Gasteiger partial charge on any atom is -0.378 e. The molecule has 0 radical (unpaired) electrons. The van der Waals surface area contributed by atoms with Crippen LogP contribution in [0.5, 0.6) is 0 Å². The number of hydrogen-bond acceptors (Lipinski definition) is 7. The van der Waals surface area contributed by atoms with E-state index in [4.69, 9.17) is 10.5 Å². The van der Waals surface area contributed by atoms with Gasteiger partial charge in [-0.1, -0.05) is 0 Å². The maximum Gasteiger partial charge on any atom is 0.419 e. The molecule has 8 nitrogen and oxygen atoms in total. The predicted molar refractivity (Wildman–Crippen MR) is 120 cm³/mol. The van der Waals surface area contributed by atoms with Crippen molar-refractivity contribution in [3.8, 4) is 11.3 Å². The van der Waals surface area contributed by atoms with Gasteiger partial charge in [-0.3, -0.25) is 0 Å². The minimum atomic E-state index is -4.58. The van der Waals surface area contributed by atoms with E-state index in [1.165, 1.54) is 0 Å². The number of rotatable bonds is 3. The van der Waals surface area contributed by atoms with E-state index in [-0.39, 0.29) is 23.7 Å². The topological polar surface area (TPSA) is 105 Å². The smallest absolute Gasteiger partial charge is 0.378 e. The molecule has 3 aliphatic rings. The SMILES string of the molecule is NC1CCC2C(c3ncc(C(F)(F)F)c(-c4c[nH]c5nc(N6CCOCC6)ccc45)n3)NCC12. The number of halogens is 3. The highest BCUT2D eigenvalue weighted by Gasteiger charge is 2.45. The molecule has 34 heavy (non-hydrogen) atoms. The van der Waals surface area contributed by atoms with Crippen molar-refractivity contribution in [3.05, 3.63) is 35.9 Å². The van der Waals surface area contributed by atoms with Crippen LogP contribution in [-0.4, -0.2) is 58.8 Å². The number of anilines is 1. The van der Waals surface area contributed by atoms with Gasteiger partial charge in [0.2, 0.25) is 0 Å². The summed E-state index contributed by atoms with van der Waals surface area (Å²) in [5.41, 5.74) is 6.13. The van der Waals surface area contributed by atoms with Crippen LogP contribution in [0.15, 0.2) is 24.5 Å². The first-order valence-electron chi connectivity index (χ1n) is 11.6. The molecule has 0 spiro atoms. The zero-order chi connectivity index (χ0) is 23.4. The van der Waals surface area contributed by atoms with Gasteiger partial charge in [0.05, 0.1) is 24.9 Å². The second-order valence-electron chi connectivity index (χ2n) is 9.31. The van der Waals surface area contributed by atoms with Crippen molar-refractivity contribution < 1.29 is 17.9 Å². The van der Waals surface area contributed by atoms with Crippen molar-refractivity contribution >= 4 is 16.9 Å². The van der Waals surface area contributed by atoms with Crippen molar-refractivity contribution in [1.29, 1.82) is 0 Å². The maximum atomic E-state index is 14.0. The van der Waals surface area contributed by atoms with Gasteiger partial charge < -0.3 is 25.7 Å². The number of fused-ring (bicyclic) bond motifs is 2. The number of nitrogens with zero attached hydrogens (tertiary/aromatic N) is 4. The standard InChI is InChI=1S/C23H26F3N7O/c24-23(25,26)16-11-30-22(20-12-1-3-17(27)14(12)9-28-20)32-19(16)15-10-29-21-13(15)2-4-18(31-21)33-5-7-34-8-6-33/h2,4,10-12,14,17,20,28H,1,3,5-9,27H2,(H,29,31). The zero-order valence-corrected chi connectivity index (χ0v) is 18.5. The average molecular weight is 474 g/mol. The number of nitrogens with one attached hydrogen (secondary N) is 2. The summed E-state index contributed by atoms with van der Waals surface area (Å²) in [6.07, 6.45) is -0.278. The molecule has 11 heteroatoms. The fourth-order valence-corrected chi connectivity index (χ4v) is 5.66. The number of aromatic amines is 1. The van der Waals surface area contributed by atoms with Crippen molar-refractivity contribution in [2.75, 3.05) is 37.7 Å². The lowest BCUT2D eigenvalue weighted by molar-refractivity contribution is -0.137. The van der Waals surface area contributed by atoms with Gasteiger partial charge in [0, 0.05) is 49.0 Å². The van der Waals surface area contributed by atoms with Gasteiger partial charge in [-0.2, -0.15) is 13.2 Å². The molecular formula is C23H26F3N7O. The first-order valence-corrected chi connectivity index (χ1v) is 11.6. The molecule has 2 saturated heterocycles. The third-order valence-electron chi connectivity index (χ3n) is 7.44. The molecule has 180 valence electrons. The summed E-state index contributed by atoms with van der Waals surface area (Å²) >= 11 is 0. The van der Waals surface area contributed by atoms with E-state index < -0.39 is 11.7 Å². The monoisotopic (exact) mass is 473 g/mol. The summed E-state index contributed by atoms with van der Waals surface area (Å²) in [4.78, 5) is 18.5. The molecule has 4 unspecified atom stereocenters. The van der Waals surface area contributed by atoms with Gasteiger partial charge in [-0.25, -0.2) is 15.0 Å². The van der Waals surface area contributed by atoms with Gasteiger partial charge in [-0.05, 0) is 36.8 Å². The first-order chi connectivity index (χ1) is 16.4. The Hall–Kier alpha value is -2.76. The normalized spacial score (nSPS) is 27.5. The summed E-state index contributed by atoms with van der Waals surface area (Å²) in [6, 6.07) is 3.55. The van der Waals surface area contributed by atoms with Crippen LogP contribution < -0.4 is 16.0 Å². The van der Waals surface area contributed by atoms with Crippen molar-refractivity contribution in [1.82, 2.24) is 25.3 Å². The largest absolute Gasteiger partial charge is 0.419 e. The fourth-order valence-electron chi connectivity index (χ4n) is 5.66. The van der Waals surface area contributed by atoms with Crippen molar-refractivity contribution in [2.45, 2.75) is 31.1 Å². The lowest BCUT2D eigenvalue weighted by Gasteiger charge is -2.27. The number of nitrogens with two attached hydrogens (primary N) is 1. The molecule has 2 aliphatic heterocycles. The van der Waals surface area contributed by atoms with Crippen LogP contribution in [0, 0.1) is 11.8 Å². The summed E-state index contributed by atoms with van der Waals surface area (Å²) in [5, 5.41) is 3.98.